The van der Waals surface area contributed by atoms with Crippen molar-refractivity contribution in [2.45, 2.75) is 28.8 Å². The summed E-state index contributed by atoms with van der Waals surface area (Å²) in [5.74, 6) is 0.662. The van der Waals surface area contributed by atoms with Gasteiger partial charge in [0.15, 0.2) is 4.90 Å². The molecular formula is C18H14BrN5O2S. The number of anilines is 1. The van der Waals surface area contributed by atoms with E-state index in [4.69, 9.17) is 0 Å². The van der Waals surface area contributed by atoms with Crippen molar-refractivity contribution in [3.8, 4) is 0 Å². The fourth-order valence-corrected chi connectivity index (χ4v) is 4.47. The van der Waals surface area contributed by atoms with Gasteiger partial charge in [0.25, 0.3) is 0 Å². The largest absolute Gasteiger partial charge is 0.604 e. The van der Waals surface area contributed by atoms with Crippen LogP contribution in [-0.2, 0) is 14.4 Å². The third kappa shape index (κ3) is 2.82. The smallest absolute Gasteiger partial charge is 0.317 e. The number of aromatic nitrogens is 4. The molecule has 0 bridgehead atoms. The number of hydrogen-bond acceptors (Lipinski definition) is 6. The Labute approximate surface area is 164 Å². The predicted octanol–water partition coefficient (Wildman–Crippen LogP) is 3.66. The van der Waals surface area contributed by atoms with Crippen LogP contribution in [0.1, 0.15) is 12.8 Å². The molecule has 0 saturated heterocycles. The Kier molecular flexibility index (Phi) is 3.78. The number of nitrogens with zero attached hydrogens (tertiary/aromatic N) is 4. The van der Waals surface area contributed by atoms with Crippen LogP contribution in [-0.4, -0.2) is 30.4 Å². The Morgan fingerprint density at radius 1 is 1.15 bits per heavy atom. The normalized spacial score (nSPS) is 16.5. The Morgan fingerprint density at radius 2 is 1.89 bits per heavy atom. The van der Waals surface area contributed by atoms with Gasteiger partial charge in [-0.3, -0.25) is 0 Å². The van der Waals surface area contributed by atoms with Gasteiger partial charge in [0.1, 0.15) is 16.0 Å². The molecule has 1 atom stereocenters. The van der Waals surface area contributed by atoms with Crippen LogP contribution >= 0.6 is 15.9 Å². The van der Waals surface area contributed by atoms with Gasteiger partial charge in [-0.25, -0.2) is 4.98 Å². The molecule has 4 aromatic rings. The lowest BCUT2D eigenvalue weighted by atomic mass is 10.2. The van der Waals surface area contributed by atoms with Crippen molar-refractivity contribution in [1.82, 2.24) is 19.8 Å². The molecule has 1 N–H and O–H groups in total. The first-order chi connectivity index (χ1) is 13.0. The van der Waals surface area contributed by atoms with Gasteiger partial charge in [-0.2, -0.15) is 4.52 Å². The van der Waals surface area contributed by atoms with Crippen LogP contribution in [0, 0.1) is 0 Å². The van der Waals surface area contributed by atoms with E-state index in [-0.39, 0.29) is 15.6 Å². The molecule has 27 heavy (non-hydrogen) atoms. The molecule has 5 rings (SSSR count). The molecule has 1 aliphatic rings. The van der Waals surface area contributed by atoms with Crippen LogP contribution in [0.5, 0.6) is 0 Å². The maximum absolute atomic E-state index is 13.1. The van der Waals surface area contributed by atoms with E-state index in [9.17, 15) is 8.76 Å². The van der Waals surface area contributed by atoms with Gasteiger partial charge < -0.3 is 9.87 Å². The number of fused-ring (bicyclic) bond motifs is 3. The van der Waals surface area contributed by atoms with Gasteiger partial charge in [0.2, 0.25) is 5.65 Å². The second kappa shape index (κ2) is 6.08. The Morgan fingerprint density at radius 3 is 2.63 bits per heavy atom. The number of hydrogen-bond donors (Lipinski definition) is 1. The van der Waals surface area contributed by atoms with Crippen molar-refractivity contribution in [3.05, 3.63) is 53.0 Å². The van der Waals surface area contributed by atoms with E-state index in [0.717, 1.165) is 28.2 Å². The topological polar surface area (TPSA) is 95.2 Å². The summed E-state index contributed by atoms with van der Waals surface area (Å²) in [7, 11) is -3.84. The van der Waals surface area contributed by atoms with Gasteiger partial charge in [-0.05, 0) is 49.2 Å². The quantitative estimate of drug-likeness (QED) is 0.483. The van der Waals surface area contributed by atoms with Gasteiger partial charge in [0.05, 0.1) is 5.52 Å². The molecule has 2 aromatic heterocycles. The lowest BCUT2D eigenvalue weighted by molar-refractivity contribution is 0.475. The second-order valence-electron chi connectivity index (χ2n) is 6.48. The van der Waals surface area contributed by atoms with Crippen molar-refractivity contribution in [2.75, 3.05) is 5.32 Å². The van der Waals surface area contributed by atoms with Crippen LogP contribution in [0.25, 0.3) is 16.6 Å². The zero-order valence-corrected chi connectivity index (χ0v) is 16.4. The van der Waals surface area contributed by atoms with E-state index < -0.39 is 10.2 Å². The number of para-hydroxylation sites is 1. The molecule has 136 valence electrons. The minimum absolute atomic E-state index is 0.144. The first-order valence-electron chi connectivity index (χ1n) is 8.45. The summed E-state index contributed by atoms with van der Waals surface area (Å²) in [6, 6.07) is 14.4. The minimum atomic E-state index is -3.84. The number of benzene rings is 2. The van der Waals surface area contributed by atoms with Crippen molar-refractivity contribution < 1.29 is 8.76 Å². The molecule has 2 aromatic carbocycles. The van der Waals surface area contributed by atoms with Crippen LogP contribution < -0.4 is 5.32 Å². The Bertz CT molecular complexity index is 1220. The van der Waals surface area contributed by atoms with Crippen LogP contribution in [0.3, 0.4) is 0 Å². The first-order valence-corrected chi connectivity index (χ1v) is 10.7. The Hall–Kier alpha value is -2.36. The maximum Gasteiger partial charge on any atom is 0.317 e. The second-order valence-corrected chi connectivity index (χ2v) is 9.26. The van der Waals surface area contributed by atoms with Crippen LogP contribution in [0.2, 0.25) is 0 Å². The van der Waals surface area contributed by atoms with Gasteiger partial charge >= 0.3 is 5.03 Å². The predicted molar refractivity (Wildman–Crippen MR) is 104 cm³/mol. The Balaban J connectivity index is 1.75. The molecule has 1 saturated carbocycles. The van der Waals surface area contributed by atoms with E-state index in [1.807, 2.05) is 24.3 Å². The molecular weight excluding hydrogens is 430 g/mol. The number of sulfone groups is 1. The van der Waals surface area contributed by atoms with Crippen molar-refractivity contribution in [2.24, 2.45) is 0 Å². The van der Waals surface area contributed by atoms with Crippen LogP contribution in [0.15, 0.2) is 62.9 Å². The highest BCUT2D eigenvalue weighted by Crippen LogP contribution is 2.33. The highest BCUT2D eigenvalue weighted by atomic mass is 79.9. The van der Waals surface area contributed by atoms with Crippen molar-refractivity contribution in [1.29, 1.82) is 0 Å². The summed E-state index contributed by atoms with van der Waals surface area (Å²) >= 11 is 3.32. The lowest BCUT2D eigenvalue weighted by Crippen LogP contribution is -2.13. The summed E-state index contributed by atoms with van der Waals surface area (Å²) in [6.07, 6.45) is 2.17. The van der Waals surface area contributed by atoms with Gasteiger partial charge in [-0.15, -0.1) is 0 Å². The monoisotopic (exact) mass is 443 g/mol. The van der Waals surface area contributed by atoms with E-state index in [2.05, 4.69) is 36.5 Å². The van der Waals surface area contributed by atoms with E-state index >= 15 is 0 Å². The average Bonchev–Trinajstić information content (AvgIpc) is 3.37. The van der Waals surface area contributed by atoms with E-state index in [1.165, 1.54) is 16.6 Å². The first kappa shape index (κ1) is 16.8. The van der Waals surface area contributed by atoms with Crippen LogP contribution in [0.4, 0.5) is 5.82 Å². The summed E-state index contributed by atoms with van der Waals surface area (Å²) in [5.41, 5.74) is 0.982. The highest BCUT2D eigenvalue weighted by Gasteiger charge is 2.33. The number of rotatable bonds is 4. The zero-order valence-electron chi connectivity index (χ0n) is 14.0. The van der Waals surface area contributed by atoms with E-state index in [1.54, 1.807) is 12.1 Å². The molecule has 0 spiro atoms. The molecule has 0 aliphatic heterocycles. The molecule has 1 fully saturated rings. The maximum atomic E-state index is 13.1. The number of nitrogens with one attached hydrogen (secondary N) is 1. The highest BCUT2D eigenvalue weighted by molar-refractivity contribution is 9.10. The summed E-state index contributed by atoms with van der Waals surface area (Å²) < 4.78 is 28.5. The SMILES string of the molecule is O=[S+]([O-])(c1ccc(Br)cc1)c1nnn2c1nc(NC1CC1)c1ccccc12. The average molecular weight is 444 g/mol. The summed E-state index contributed by atoms with van der Waals surface area (Å²) in [5, 5.41) is 12.2. The third-order valence-electron chi connectivity index (χ3n) is 4.52. The summed E-state index contributed by atoms with van der Waals surface area (Å²) in [6.45, 7) is 0. The van der Waals surface area contributed by atoms with Gasteiger partial charge in [-0.1, -0.05) is 42.6 Å². The minimum Gasteiger partial charge on any atom is -0.604 e. The molecule has 1 unspecified atom stereocenters. The fourth-order valence-electron chi connectivity index (χ4n) is 2.98. The van der Waals surface area contributed by atoms with Crippen molar-refractivity contribution >= 4 is 48.5 Å². The number of halogens is 1. The van der Waals surface area contributed by atoms with E-state index in [0.29, 0.717) is 11.9 Å². The molecule has 7 nitrogen and oxygen atoms in total. The molecule has 0 amide bonds. The molecule has 2 heterocycles. The lowest BCUT2D eigenvalue weighted by Gasteiger charge is -2.12. The fraction of sp³-hybridized carbons (Fsp3) is 0.167. The molecule has 0 radical (unpaired) electrons. The zero-order chi connectivity index (χ0) is 18.6. The third-order valence-corrected chi connectivity index (χ3v) is 6.71. The molecule has 1 aliphatic carbocycles. The van der Waals surface area contributed by atoms with Gasteiger partial charge in [0, 0.05) is 15.9 Å². The summed E-state index contributed by atoms with van der Waals surface area (Å²) in [4.78, 5) is 4.74. The van der Waals surface area contributed by atoms with Crippen molar-refractivity contribution in [3.63, 3.8) is 0 Å². The standard InChI is InChI=1S/C18H14BrN5O2S/c19-11-5-9-13(10-6-11)27(25,26)18-17-21-16(20-12-7-8-12)14-3-1-2-4-15(14)24(17)23-22-18/h1-6,9-10,12H,7-8H2,(H-,20,21,25,26). The molecule has 9 heteroatoms.